The first-order valence-corrected chi connectivity index (χ1v) is 6.25. The summed E-state index contributed by atoms with van der Waals surface area (Å²) in [5.74, 6) is -0.151. The number of carbonyl (C=O) groups excluding carboxylic acids is 1. The van der Waals surface area contributed by atoms with Crippen LogP contribution in [-0.4, -0.2) is 34.9 Å². The molecule has 0 spiro atoms. The van der Waals surface area contributed by atoms with Gasteiger partial charge in [-0.1, -0.05) is 11.3 Å². The van der Waals surface area contributed by atoms with Crippen LogP contribution in [0.4, 0.5) is 5.00 Å². The Morgan fingerprint density at radius 1 is 1.67 bits per heavy atom. The topological polar surface area (TPSA) is 89.5 Å². The minimum absolute atomic E-state index is 0. The quantitative estimate of drug-likeness (QED) is 0.677. The van der Waals surface area contributed by atoms with Crippen molar-refractivity contribution in [1.82, 2.24) is 4.90 Å². The van der Waals surface area contributed by atoms with Gasteiger partial charge in [0.2, 0.25) is 0 Å². The van der Waals surface area contributed by atoms with Crippen LogP contribution in [-0.2, 0) is 0 Å². The SMILES string of the molecule is Cl.NCC1CCCN1C(=O)c1csc([N+](=O)[O-])c1. The van der Waals surface area contributed by atoms with Crippen LogP contribution >= 0.6 is 23.7 Å². The van der Waals surface area contributed by atoms with Gasteiger partial charge in [-0.2, -0.15) is 0 Å². The number of nitro groups is 1. The number of thiophene rings is 1. The van der Waals surface area contributed by atoms with Crippen LogP contribution in [0.15, 0.2) is 11.4 Å². The summed E-state index contributed by atoms with van der Waals surface area (Å²) in [4.78, 5) is 23.9. The fraction of sp³-hybridized carbons (Fsp3) is 0.500. The lowest BCUT2D eigenvalue weighted by Gasteiger charge is -2.22. The van der Waals surface area contributed by atoms with Crippen molar-refractivity contribution in [3.8, 4) is 0 Å². The average Bonchev–Trinajstić information content (AvgIpc) is 2.96. The molecule has 6 nitrogen and oxygen atoms in total. The van der Waals surface area contributed by atoms with Crippen molar-refractivity contribution in [3.63, 3.8) is 0 Å². The van der Waals surface area contributed by atoms with E-state index in [0.29, 0.717) is 18.7 Å². The smallest absolute Gasteiger partial charge is 0.324 e. The van der Waals surface area contributed by atoms with Crippen molar-refractivity contribution in [2.24, 2.45) is 5.73 Å². The summed E-state index contributed by atoms with van der Waals surface area (Å²) in [5.41, 5.74) is 5.98. The number of halogens is 1. The highest BCUT2D eigenvalue weighted by atomic mass is 35.5. The van der Waals surface area contributed by atoms with E-state index >= 15 is 0 Å². The molecule has 100 valence electrons. The van der Waals surface area contributed by atoms with Crippen molar-refractivity contribution >= 4 is 34.7 Å². The van der Waals surface area contributed by atoms with Crippen LogP contribution in [0, 0.1) is 10.1 Å². The Morgan fingerprint density at radius 3 is 2.94 bits per heavy atom. The first-order valence-electron chi connectivity index (χ1n) is 5.37. The molecule has 1 aromatic rings. The predicted octanol–water partition coefficient (Wildman–Crippen LogP) is 1.64. The minimum Gasteiger partial charge on any atom is -0.334 e. The highest BCUT2D eigenvalue weighted by molar-refractivity contribution is 7.13. The van der Waals surface area contributed by atoms with Crippen molar-refractivity contribution in [3.05, 3.63) is 27.1 Å². The third-order valence-corrected chi connectivity index (χ3v) is 3.80. The molecular formula is C10H14ClN3O3S. The molecule has 0 aliphatic carbocycles. The van der Waals surface area contributed by atoms with Gasteiger partial charge < -0.3 is 10.6 Å². The third-order valence-electron chi connectivity index (χ3n) is 2.92. The first-order chi connectivity index (χ1) is 8.13. The van der Waals surface area contributed by atoms with Gasteiger partial charge in [-0.05, 0) is 12.8 Å². The number of rotatable bonds is 3. The molecular weight excluding hydrogens is 278 g/mol. The molecule has 8 heteroatoms. The molecule has 2 heterocycles. The number of nitrogens with two attached hydrogens (primary N) is 1. The number of nitrogens with zero attached hydrogens (tertiary/aromatic N) is 2. The molecule has 0 bridgehead atoms. The highest BCUT2D eigenvalue weighted by Gasteiger charge is 2.29. The zero-order valence-electron chi connectivity index (χ0n) is 9.57. The summed E-state index contributed by atoms with van der Waals surface area (Å²) in [5, 5.41) is 12.1. The number of hydrogen-bond acceptors (Lipinski definition) is 5. The molecule has 1 fully saturated rings. The Hall–Kier alpha value is -1.18. The second-order valence-electron chi connectivity index (χ2n) is 3.96. The lowest BCUT2D eigenvalue weighted by Crippen LogP contribution is -2.39. The molecule has 1 aromatic heterocycles. The fourth-order valence-corrected chi connectivity index (χ4v) is 2.74. The third kappa shape index (κ3) is 2.80. The van der Waals surface area contributed by atoms with Gasteiger partial charge in [-0.25, -0.2) is 0 Å². The normalized spacial score (nSPS) is 18.5. The van der Waals surface area contributed by atoms with Crippen molar-refractivity contribution in [2.45, 2.75) is 18.9 Å². The van der Waals surface area contributed by atoms with Crippen molar-refractivity contribution < 1.29 is 9.72 Å². The second kappa shape index (κ2) is 6.12. The molecule has 0 saturated carbocycles. The Kier molecular flexibility index (Phi) is 5.06. The van der Waals surface area contributed by atoms with E-state index in [1.807, 2.05) is 0 Å². The standard InChI is InChI=1S/C10H13N3O3S.ClH/c11-5-8-2-1-3-12(8)10(14)7-4-9(13(15)16)17-6-7;/h4,6,8H,1-3,5,11H2;1H. The van der Waals surface area contributed by atoms with Gasteiger partial charge in [0.15, 0.2) is 0 Å². The summed E-state index contributed by atoms with van der Waals surface area (Å²) in [6, 6.07) is 1.40. The van der Waals surface area contributed by atoms with Gasteiger partial charge in [0, 0.05) is 30.6 Å². The van der Waals surface area contributed by atoms with Gasteiger partial charge in [0.05, 0.1) is 10.5 Å². The van der Waals surface area contributed by atoms with E-state index in [0.717, 1.165) is 24.2 Å². The first kappa shape index (κ1) is 14.9. The van der Waals surface area contributed by atoms with Crippen LogP contribution in [0.5, 0.6) is 0 Å². The summed E-state index contributed by atoms with van der Waals surface area (Å²) in [6.45, 7) is 1.13. The summed E-state index contributed by atoms with van der Waals surface area (Å²) in [6.07, 6.45) is 1.86. The lowest BCUT2D eigenvalue weighted by atomic mass is 10.2. The summed E-state index contributed by atoms with van der Waals surface area (Å²) >= 11 is 0.976. The molecule has 2 rings (SSSR count). The lowest BCUT2D eigenvalue weighted by molar-refractivity contribution is -0.380. The van der Waals surface area contributed by atoms with Gasteiger partial charge in [0.1, 0.15) is 0 Å². The van der Waals surface area contributed by atoms with Crippen LogP contribution in [0.1, 0.15) is 23.2 Å². The Morgan fingerprint density at radius 2 is 2.39 bits per heavy atom. The number of amides is 1. The maximum absolute atomic E-state index is 12.1. The molecule has 1 saturated heterocycles. The molecule has 1 aliphatic rings. The maximum atomic E-state index is 12.1. The van der Waals surface area contributed by atoms with Crippen LogP contribution in [0.2, 0.25) is 0 Å². The van der Waals surface area contributed by atoms with Crippen molar-refractivity contribution in [1.29, 1.82) is 0 Å². The van der Waals surface area contributed by atoms with Gasteiger partial charge in [-0.15, -0.1) is 12.4 Å². The maximum Gasteiger partial charge on any atom is 0.324 e. The zero-order chi connectivity index (χ0) is 12.4. The Labute approximate surface area is 114 Å². The number of hydrogen-bond donors (Lipinski definition) is 1. The molecule has 0 aromatic carbocycles. The van der Waals surface area contributed by atoms with Gasteiger partial charge in [0.25, 0.3) is 5.91 Å². The van der Waals surface area contributed by atoms with Crippen LogP contribution in [0.3, 0.4) is 0 Å². The molecule has 1 amide bonds. The highest BCUT2D eigenvalue weighted by Crippen LogP contribution is 2.26. The average molecular weight is 292 g/mol. The van der Waals surface area contributed by atoms with E-state index in [2.05, 4.69) is 0 Å². The molecule has 1 aliphatic heterocycles. The van der Waals surface area contributed by atoms with Gasteiger partial charge in [-0.3, -0.25) is 14.9 Å². The van der Waals surface area contributed by atoms with Crippen molar-refractivity contribution in [2.75, 3.05) is 13.1 Å². The van der Waals surface area contributed by atoms with E-state index in [-0.39, 0.29) is 29.4 Å². The predicted molar refractivity (Wildman–Crippen MR) is 71.3 cm³/mol. The molecule has 0 radical (unpaired) electrons. The van der Waals surface area contributed by atoms with E-state index in [1.54, 1.807) is 4.90 Å². The molecule has 1 atom stereocenters. The molecule has 2 N–H and O–H groups in total. The van der Waals surface area contributed by atoms with Gasteiger partial charge >= 0.3 is 5.00 Å². The minimum atomic E-state index is -0.480. The van der Waals surface area contributed by atoms with Crippen LogP contribution < -0.4 is 5.73 Å². The fourth-order valence-electron chi connectivity index (χ4n) is 2.05. The van der Waals surface area contributed by atoms with Crippen LogP contribution in [0.25, 0.3) is 0 Å². The summed E-state index contributed by atoms with van der Waals surface area (Å²) in [7, 11) is 0. The molecule has 1 unspecified atom stereocenters. The number of likely N-dealkylation sites (tertiary alicyclic amines) is 1. The van der Waals surface area contributed by atoms with E-state index < -0.39 is 4.92 Å². The number of carbonyl (C=O) groups is 1. The van der Waals surface area contributed by atoms with E-state index in [4.69, 9.17) is 5.73 Å². The zero-order valence-corrected chi connectivity index (χ0v) is 11.2. The molecule has 18 heavy (non-hydrogen) atoms. The van der Waals surface area contributed by atoms with E-state index in [1.165, 1.54) is 11.4 Å². The summed E-state index contributed by atoms with van der Waals surface area (Å²) < 4.78 is 0. The monoisotopic (exact) mass is 291 g/mol. The largest absolute Gasteiger partial charge is 0.334 e. The Bertz CT molecular complexity index is 451. The second-order valence-corrected chi connectivity index (χ2v) is 4.85. The Balaban J connectivity index is 0.00000162. The van der Waals surface area contributed by atoms with E-state index in [9.17, 15) is 14.9 Å².